The SMILES string of the molecule is O=C1C=CC(=NNc2c(F)cccc2F)C(=O)O1. The van der Waals surface area contributed by atoms with E-state index in [-0.39, 0.29) is 5.71 Å². The molecule has 0 atom stereocenters. The Morgan fingerprint density at radius 1 is 1.11 bits per heavy atom. The van der Waals surface area contributed by atoms with E-state index < -0.39 is 29.3 Å². The second kappa shape index (κ2) is 4.74. The van der Waals surface area contributed by atoms with Crippen LogP contribution in [-0.2, 0) is 14.3 Å². The van der Waals surface area contributed by atoms with Gasteiger partial charge in [-0.3, -0.25) is 5.43 Å². The number of nitrogens with one attached hydrogen (secondary N) is 1. The molecule has 18 heavy (non-hydrogen) atoms. The number of para-hydroxylation sites is 1. The zero-order valence-corrected chi connectivity index (χ0v) is 8.81. The first-order valence-electron chi connectivity index (χ1n) is 4.80. The molecule has 0 unspecified atom stereocenters. The Bertz CT molecular complexity index is 561. The van der Waals surface area contributed by atoms with E-state index in [0.717, 1.165) is 24.3 Å². The molecule has 1 heterocycles. The Hall–Kier alpha value is -2.57. The van der Waals surface area contributed by atoms with E-state index in [4.69, 9.17) is 0 Å². The lowest BCUT2D eigenvalue weighted by Crippen LogP contribution is -2.24. The Kier molecular flexibility index (Phi) is 3.13. The number of ether oxygens (including phenoxy) is 1. The summed E-state index contributed by atoms with van der Waals surface area (Å²) in [6.45, 7) is 0. The number of anilines is 1. The molecule has 0 fully saturated rings. The molecule has 0 aromatic heterocycles. The maximum atomic E-state index is 13.2. The molecule has 1 aromatic carbocycles. The molecule has 92 valence electrons. The second-order valence-corrected chi connectivity index (χ2v) is 3.25. The predicted octanol–water partition coefficient (Wildman–Crippen LogP) is 1.37. The number of carbonyl (C=O) groups excluding carboxylic acids is 2. The molecule has 2 rings (SSSR count). The fraction of sp³-hybridized carbons (Fsp3) is 0. The van der Waals surface area contributed by atoms with Crippen molar-refractivity contribution in [2.75, 3.05) is 5.43 Å². The van der Waals surface area contributed by atoms with Crippen LogP contribution in [0.25, 0.3) is 0 Å². The Labute approximate surface area is 99.7 Å². The van der Waals surface area contributed by atoms with Crippen LogP contribution in [0.2, 0.25) is 0 Å². The van der Waals surface area contributed by atoms with Crippen LogP contribution < -0.4 is 5.43 Å². The van der Waals surface area contributed by atoms with E-state index in [9.17, 15) is 18.4 Å². The fourth-order valence-corrected chi connectivity index (χ4v) is 1.20. The van der Waals surface area contributed by atoms with E-state index in [1.165, 1.54) is 6.07 Å². The first kappa shape index (κ1) is 11.9. The van der Waals surface area contributed by atoms with Crippen molar-refractivity contribution in [2.45, 2.75) is 0 Å². The molecule has 1 aliphatic heterocycles. The highest BCUT2D eigenvalue weighted by Crippen LogP contribution is 2.17. The van der Waals surface area contributed by atoms with Crippen molar-refractivity contribution < 1.29 is 23.1 Å². The summed E-state index contributed by atoms with van der Waals surface area (Å²) in [5.41, 5.74) is 1.31. The summed E-state index contributed by atoms with van der Waals surface area (Å²) in [5, 5.41) is 3.46. The van der Waals surface area contributed by atoms with Crippen molar-refractivity contribution in [2.24, 2.45) is 5.10 Å². The Morgan fingerprint density at radius 3 is 2.39 bits per heavy atom. The highest BCUT2D eigenvalue weighted by atomic mass is 19.1. The lowest BCUT2D eigenvalue weighted by atomic mass is 10.3. The summed E-state index contributed by atoms with van der Waals surface area (Å²) in [6, 6.07) is 3.25. The van der Waals surface area contributed by atoms with Crippen molar-refractivity contribution in [3.63, 3.8) is 0 Å². The van der Waals surface area contributed by atoms with Crippen LogP contribution in [0.1, 0.15) is 0 Å². The number of esters is 2. The van der Waals surface area contributed by atoms with Gasteiger partial charge in [-0.15, -0.1) is 0 Å². The molecule has 5 nitrogen and oxygen atoms in total. The van der Waals surface area contributed by atoms with Gasteiger partial charge >= 0.3 is 11.9 Å². The van der Waals surface area contributed by atoms with Gasteiger partial charge in [0.15, 0.2) is 17.3 Å². The monoisotopic (exact) mass is 252 g/mol. The number of hydrogen-bond donors (Lipinski definition) is 1. The standard InChI is InChI=1S/C11H6F2N2O3/c12-6-2-1-3-7(13)10(6)15-14-8-4-5-9(16)18-11(8)17/h1-5,15H. The van der Waals surface area contributed by atoms with Crippen LogP contribution in [0, 0.1) is 11.6 Å². The lowest BCUT2D eigenvalue weighted by molar-refractivity contribution is -0.151. The number of nitrogens with zero attached hydrogens (tertiary/aromatic N) is 1. The number of benzene rings is 1. The van der Waals surface area contributed by atoms with Gasteiger partial charge in [0.05, 0.1) is 0 Å². The van der Waals surface area contributed by atoms with Crippen molar-refractivity contribution >= 4 is 23.3 Å². The molecule has 0 saturated carbocycles. The number of rotatable bonds is 2. The minimum Gasteiger partial charge on any atom is -0.385 e. The van der Waals surface area contributed by atoms with E-state index >= 15 is 0 Å². The Balaban J connectivity index is 2.23. The summed E-state index contributed by atoms with van der Waals surface area (Å²) >= 11 is 0. The first-order chi connectivity index (χ1) is 8.58. The number of halogens is 2. The molecule has 0 amide bonds. The molecule has 1 aromatic rings. The fourth-order valence-electron chi connectivity index (χ4n) is 1.20. The second-order valence-electron chi connectivity index (χ2n) is 3.25. The quantitative estimate of drug-likeness (QED) is 0.490. The lowest BCUT2D eigenvalue weighted by Gasteiger charge is -2.07. The smallest absolute Gasteiger partial charge is 0.366 e. The summed E-state index contributed by atoms with van der Waals surface area (Å²) < 4.78 is 30.6. The average molecular weight is 252 g/mol. The third-order valence-corrected chi connectivity index (χ3v) is 2.03. The Morgan fingerprint density at radius 2 is 1.78 bits per heavy atom. The van der Waals surface area contributed by atoms with Crippen molar-refractivity contribution in [3.8, 4) is 0 Å². The zero-order valence-electron chi connectivity index (χ0n) is 8.81. The summed E-state index contributed by atoms with van der Waals surface area (Å²) in [6.07, 6.45) is 2.06. The minimum absolute atomic E-state index is 0.266. The highest BCUT2D eigenvalue weighted by Gasteiger charge is 2.19. The normalized spacial score (nSPS) is 16.9. The van der Waals surface area contributed by atoms with Gasteiger partial charge in [0.1, 0.15) is 5.69 Å². The number of cyclic esters (lactones) is 2. The molecule has 0 saturated heterocycles. The van der Waals surface area contributed by atoms with E-state index in [0.29, 0.717) is 0 Å². The van der Waals surface area contributed by atoms with Gasteiger partial charge in [-0.05, 0) is 18.2 Å². The van der Waals surface area contributed by atoms with Gasteiger partial charge in [-0.2, -0.15) is 5.10 Å². The van der Waals surface area contributed by atoms with Crippen LogP contribution in [0.15, 0.2) is 35.5 Å². The summed E-state index contributed by atoms with van der Waals surface area (Å²) in [4.78, 5) is 21.8. The predicted molar refractivity (Wildman–Crippen MR) is 57.7 cm³/mol. The topological polar surface area (TPSA) is 67.8 Å². The van der Waals surface area contributed by atoms with Crippen LogP contribution in [0.4, 0.5) is 14.5 Å². The van der Waals surface area contributed by atoms with Crippen LogP contribution in [0.5, 0.6) is 0 Å². The molecule has 0 radical (unpaired) electrons. The van der Waals surface area contributed by atoms with Gasteiger partial charge in [-0.1, -0.05) is 6.07 Å². The molecular formula is C11H6F2N2O3. The number of hydrazone groups is 1. The molecule has 0 aliphatic carbocycles. The highest BCUT2D eigenvalue weighted by molar-refractivity contribution is 6.44. The minimum atomic E-state index is -0.994. The van der Waals surface area contributed by atoms with Crippen molar-refractivity contribution in [3.05, 3.63) is 42.0 Å². The molecule has 7 heteroatoms. The summed E-state index contributed by atoms with van der Waals surface area (Å²) in [5.74, 6) is -3.53. The molecule has 0 bridgehead atoms. The van der Waals surface area contributed by atoms with Crippen LogP contribution in [-0.4, -0.2) is 17.7 Å². The summed E-state index contributed by atoms with van der Waals surface area (Å²) in [7, 11) is 0. The van der Waals surface area contributed by atoms with Gasteiger partial charge in [0.25, 0.3) is 0 Å². The van der Waals surface area contributed by atoms with E-state index in [1.807, 2.05) is 0 Å². The van der Waals surface area contributed by atoms with Crippen LogP contribution >= 0.6 is 0 Å². The molecular weight excluding hydrogens is 246 g/mol. The molecule has 1 aliphatic rings. The maximum Gasteiger partial charge on any atom is 0.366 e. The number of hydrogen-bond acceptors (Lipinski definition) is 5. The van der Waals surface area contributed by atoms with E-state index in [2.05, 4.69) is 15.3 Å². The largest absolute Gasteiger partial charge is 0.385 e. The zero-order chi connectivity index (χ0) is 13.1. The van der Waals surface area contributed by atoms with Gasteiger partial charge in [-0.25, -0.2) is 18.4 Å². The van der Waals surface area contributed by atoms with Gasteiger partial charge in [0, 0.05) is 6.08 Å². The van der Waals surface area contributed by atoms with Crippen molar-refractivity contribution in [1.82, 2.24) is 0 Å². The van der Waals surface area contributed by atoms with E-state index in [1.54, 1.807) is 0 Å². The first-order valence-corrected chi connectivity index (χ1v) is 4.80. The third kappa shape index (κ3) is 2.40. The molecule has 1 N–H and O–H groups in total. The van der Waals surface area contributed by atoms with Crippen LogP contribution in [0.3, 0.4) is 0 Å². The third-order valence-electron chi connectivity index (χ3n) is 2.03. The molecule has 0 spiro atoms. The van der Waals surface area contributed by atoms with Crippen molar-refractivity contribution in [1.29, 1.82) is 0 Å². The number of carbonyl (C=O) groups is 2. The maximum absolute atomic E-state index is 13.2. The van der Waals surface area contributed by atoms with Gasteiger partial charge < -0.3 is 4.74 Å². The average Bonchev–Trinajstić information content (AvgIpc) is 2.31. The van der Waals surface area contributed by atoms with Gasteiger partial charge in [0.2, 0.25) is 0 Å².